The molecule has 25 heavy (non-hydrogen) atoms. The summed E-state index contributed by atoms with van der Waals surface area (Å²) in [4.78, 5) is 11.8. The van der Waals surface area contributed by atoms with Crippen molar-refractivity contribution in [3.05, 3.63) is 58.6 Å². The maximum Gasteiger partial charge on any atom is 0.416 e. The van der Waals surface area contributed by atoms with E-state index in [4.69, 9.17) is 16.9 Å². The Balaban J connectivity index is 1.89. The fourth-order valence-corrected chi connectivity index (χ4v) is 2.18. The average molecular weight is 368 g/mol. The molecule has 0 aromatic heterocycles. The van der Waals surface area contributed by atoms with Gasteiger partial charge < -0.3 is 10.6 Å². The molecule has 0 aliphatic rings. The largest absolute Gasteiger partial charge is 0.416 e. The zero-order valence-electron chi connectivity index (χ0n) is 12.8. The van der Waals surface area contributed by atoms with Crippen LogP contribution in [0.3, 0.4) is 0 Å². The SMILES string of the molecule is N#Cc1ccc(NC(=O)CCNc2cc(C(F)(F)F)ccc2Cl)cc1. The van der Waals surface area contributed by atoms with E-state index in [1.165, 1.54) is 0 Å². The van der Waals surface area contributed by atoms with Crippen LogP contribution in [0.25, 0.3) is 0 Å². The molecule has 0 aliphatic carbocycles. The first kappa shape index (κ1) is 18.6. The summed E-state index contributed by atoms with van der Waals surface area (Å²) < 4.78 is 38.1. The van der Waals surface area contributed by atoms with Gasteiger partial charge in [0.25, 0.3) is 0 Å². The Morgan fingerprint density at radius 3 is 2.44 bits per heavy atom. The summed E-state index contributed by atoms with van der Waals surface area (Å²) in [5.74, 6) is -0.319. The highest BCUT2D eigenvalue weighted by Crippen LogP contribution is 2.33. The minimum atomic E-state index is -4.46. The number of alkyl halides is 3. The van der Waals surface area contributed by atoms with Crippen LogP contribution < -0.4 is 10.6 Å². The van der Waals surface area contributed by atoms with Crippen LogP contribution >= 0.6 is 11.6 Å². The number of halogens is 4. The molecule has 2 aromatic rings. The lowest BCUT2D eigenvalue weighted by molar-refractivity contribution is -0.137. The van der Waals surface area contributed by atoms with E-state index in [0.29, 0.717) is 11.3 Å². The Morgan fingerprint density at radius 2 is 1.84 bits per heavy atom. The quantitative estimate of drug-likeness (QED) is 0.807. The fraction of sp³-hybridized carbons (Fsp3) is 0.176. The van der Waals surface area contributed by atoms with Gasteiger partial charge in [-0.1, -0.05) is 11.6 Å². The average Bonchev–Trinajstić information content (AvgIpc) is 2.56. The number of anilines is 2. The van der Waals surface area contributed by atoms with Gasteiger partial charge in [-0.25, -0.2) is 0 Å². The lowest BCUT2D eigenvalue weighted by Gasteiger charge is -2.12. The van der Waals surface area contributed by atoms with Gasteiger partial charge in [0.15, 0.2) is 0 Å². The molecule has 0 bridgehead atoms. The van der Waals surface area contributed by atoms with E-state index in [2.05, 4.69) is 10.6 Å². The zero-order valence-corrected chi connectivity index (χ0v) is 13.6. The molecule has 2 aromatic carbocycles. The van der Waals surface area contributed by atoms with Crippen molar-refractivity contribution in [3.8, 4) is 6.07 Å². The molecule has 0 spiro atoms. The van der Waals surface area contributed by atoms with Gasteiger partial charge in [-0.2, -0.15) is 18.4 Å². The number of hydrogen-bond acceptors (Lipinski definition) is 3. The van der Waals surface area contributed by atoms with Gasteiger partial charge in [0, 0.05) is 18.7 Å². The molecule has 4 nitrogen and oxygen atoms in total. The van der Waals surface area contributed by atoms with E-state index in [9.17, 15) is 18.0 Å². The molecule has 0 fully saturated rings. The Morgan fingerprint density at radius 1 is 1.16 bits per heavy atom. The van der Waals surface area contributed by atoms with Crippen LogP contribution in [-0.2, 0) is 11.0 Å². The summed E-state index contributed by atoms with van der Waals surface area (Å²) >= 11 is 5.86. The molecular formula is C17H13ClF3N3O. The van der Waals surface area contributed by atoms with E-state index in [0.717, 1.165) is 18.2 Å². The summed E-state index contributed by atoms with van der Waals surface area (Å²) in [6.07, 6.45) is -4.43. The van der Waals surface area contributed by atoms with Gasteiger partial charge in [-0.3, -0.25) is 4.79 Å². The van der Waals surface area contributed by atoms with Crippen molar-refractivity contribution in [2.75, 3.05) is 17.2 Å². The molecule has 2 N–H and O–H groups in total. The van der Waals surface area contributed by atoms with Crippen LogP contribution in [0.4, 0.5) is 24.5 Å². The van der Waals surface area contributed by atoms with Crippen molar-refractivity contribution in [2.24, 2.45) is 0 Å². The standard InChI is InChI=1S/C17H13ClF3N3O/c18-14-6-3-12(17(19,20)21)9-15(14)23-8-7-16(25)24-13-4-1-11(10-22)2-5-13/h1-6,9,23H,7-8H2,(H,24,25). The zero-order chi connectivity index (χ0) is 18.4. The second-order valence-electron chi connectivity index (χ2n) is 5.11. The third-order valence-corrected chi connectivity index (χ3v) is 3.59. The predicted octanol–water partition coefficient (Wildman–Crippen LogP) is 4.67. The molecule has 0 heterocycles. The normalized spacial score (nSPS) is 10.8. The molecule has 1 amide bonds. The van der Waals surface area contributed by atoms with E-state index in [1.54, 1.807) is 24.3 Å². The third-order valence-electron chi connectivity index (χ3n) is 3.26. The summed E-state index contributed by atoms with van der Waals surface area (Å²) in [5, 5.41) is 14.2. The number of nitrogens with zero attached hydrogens (tertiary/aromatic N) is 1. The number of amides is 1. The maximum absolute atomic E-state index is 12.7. The first-order valence-electron chi connectivity index (χ1n) is 7.20. The lowest BCUT2D eigenvalue weighted by Crippen LogP contribution is -2.16. The van der Waals surface area contributed by atoms with Crippen LogP contribution in [0.1, 0.15) is 17.5 Å². The van der Waals surface area contributed by atoms with Crippen LogP contribution in [0, 0.1) is 11.3 Å². The van der Waals surface area contributed by atoms with Crippen LogP contribution in [0.2, 0.25) is 5.02 Å². The number of carbonyl (C=O) groups excluding carboxylic acids is 1. The molecular weight excluding hydrogens is 355 g/mol. The highest BCUT2D eigenvalue weighted by atomic mass is 35.5. The second kappa shape index (κ2) is 7.90. The van der Waals surface area contributed by atoms with Crippen molar-refractivity contribution < 1.29 is 18.0 Å². The first-order valence-corrected chi connectivity index (χ1v) is 7.58. The Bertz CT molecular complexity index is 798. The van der Waals surface area contributed by atoms with Crippen LogP contribution in [0.5, 0.6) is 0 Å². The molecule has 0 unspecified atom stereocenters. The molecule has 0 radical (unpaired) electrons. The highest BCUT2D eigenvalue weighted by Gasteiger charge is 2.30. The second-order valence-corrected chi connectivity index (χ2v) is 5.51. The maximum atomic E-state index is 12.7. The van der Waals surface area contributed by atoms with Crippen LogP contribution in [-0.4, -0.2) is 12.5 Å². The van der Waals surface area contributed by atoms with Crippen molar-refractivity contribution in [2.45, 2.75) is 12.6 Å². The Kier molecular flexibility index (Phi) is 5.88. The lowest BCUT2D eigenvalue weighted by atomic mass is 10.2. The number of rotatable bonds is 5. The molecule has 0 saturated heterocycles. The predicted molar refractivity (Wildman–Crippen MR) is 89.3 cm³/mol. The number of nitriles is 1. The minimum absolute atomic E-state index is 0.0343. The monoisotopic (exact) mass is 367 g/mol. The summed E-state index contributed by atoms with van der Waals surface area (Å²) in [7, 11) is 0. The number of benzene rings is 2. The smallest absolute Gasteiger partial charge is 0.383 e. The molecule has 0 atom stereocenters. The number of nitrogens with one attached hydrogen (secondary N) is 2. The van der Waals surface area contributed by atoms with E-state index >= 15 is 0 Å². The Labute approximate surface area is 147 Å². The topological polar surface area (TPSA) is 64.9 Å². The van der Waals surface area contributed by atoms with Gasteiger partial charge in [0.1, 0.15) is 0 Å². The molecule has 8 heteroatoms. The minimum Gasteiger partial charge on any atom is -0.383 e. The van der Waals surface area contributed by atoms with E-state index in [-0.39, 0.29) is 29.6 Å². The van der Waals surface area contributed by atoms with Gasteiger partial charge in [-0.15, -0.1) is 0 Å². The molecule has 130 valence electrons. The number of hydrogen-bond donors (Lipinski definition) is 2. The van der Waals surface area contributed by atoms with Gasteiger partial charge in [0.2, 0.25) is 5.91 Å². The van der Waals surface area contributed by atoms with Crippen molar-refractivity contribution in [3.63, 3.8) is 0 Å². The first-order chi connectivity index (χ1) is 11.8. The van der Waals surface area contributed by atoms with E-state index in [1.807, 2.05) is 6.07 Å². The summed E-state index contributed by atoms with van der Waals surface area (Å²) in [5.41, 5.74) is 0.295. The summed E-state index contributed by atoms with van der Waals surface area (Å²) in [6, 6.07) is 11.2. The van der Waals surface area contributed by atoms with E-state index < -0.39 is 11.7 Å². The fourth-order valence-electron chi connectivity index (χ4n) is 2.00. The summed E-state index contributed by atoms with van der Waals surface area (Å²) in [6.45, 7) is 0.114. The third kappa shape index (κ3) is 5.40. The van der Waals surface area contributed by atoms with Gasteiger partial charge >= 0.3 is 6.18 Å². The molecule has 0 aliphatic heterocycles. The van der Waals surface area contributed by atoms with Crippen LogP contribution in [0.15, 0.2) is 42.5 Å². The highest BCUT2D eigenvalue weighted by molar-refractivity contribution is 6.33. The van der Waals surface area contributed by atoms with Gasteiger partial charge in [0.05, 0.1) is 27.9 Å². The Hall–Kier alpha value is -2.72. The van der Waals surface area contributed by atoms with Gasteiger partial charge in [-0.05, 0) is 42.5 Å². The molecule has 0 saturated carbocycles. The number of carbonyl (C=O) groups is 1. The van der Waals surface area contributed by atoms with Crippen molar-refractivity contribution in [1.29, 1.82) is 5.26 Å². The van der Waals surface area contributed by atoms with Crippen molar-refractivity contribution >= 4 is 28.9 Å². The molecule has 2 rings (SSSR count). The van der Waals surface area contributed by atoms with Crippen molar-refractivity contribution in [1.82, 2.24) is 0 Å².